The summed E-state index contributed by atoms with van der Waals surface area (Å²) < 4.78 is 13.0. The van der Waals surface area contributed by atoms with Gasteiger partial charge in [-0.2, -0.15) is 0 Å². The van der Waals surface area contributed by atoms with Gasteiger partial charge in [-0.3, -0.25) is 0 Å². The number of hydrogen-bond acceptors (Lipinski definition) is 4. The van der Waals surface area contributed by atoms with Crippen LogP contribution in [0, 0.1) is 0 Å². The maximum absolute atomic E-state index is 12.6. The average molecular weight is 585 g/mol. The third kappa shape index (κ3) is 5.79. The molecule has 0 aliphatic carbocycles. The van der Waals surface area contributed by atoms with Gasteiger partial charge in [-0.05, 0) is 36.1 Å². The molecule has 1 heterocycles. The molecule has 1 aliphatic rings. The number of ether oxygens (including phenoxy) is 2. The predicted molar refractivity (Wildman–Crippen MR) is 147 cm³/mol. The molecule has 38 heavy (non-hydrogen) atoms. The summed E-state index contributed by atoms with van der Waals surface area (Å²) in [5.74, 6) is -1.05. The number of aliphatic hydroxyl groups is 2. The number of halogens is 2. The summed E-state index contributed by atoms with van der Waals surface area (Å²) in [7, 11) is 9.78. The van der Waals surface area contributed by atoms with E-state index in [1.165, 1.54) is 0 Å². The molecule has 1 saturated heterocycles. The molecule has 0 unspecified atom stereocenters. The van der Waals surface area contributed by atoms with Crippen molar-refractivity contribution in [1.29, 1.82) is 0 Å². The van der Waals surface area contributed by atoms with E-state index in [0.717, 1.165) is 0 Å². The zero-order chi connectivity index (χ0) is 27.2. The van der Waals surface area contributed by atoms with Crippen molar-refractivity contribution in [2.75, 3.05) is 0 Å². The first-order chi connectivity index (χ1) is 18.3. The zero-order valence-electron chi connectivity index (χ0n) is 21.2. The Bertz CT molecular complexity index is 1100. The van der Waals surface area contributed by atoms with Gasteiger partial charge in [0, 0.05) is 0 Å². The molecule has 4 aromatic carbocycles. The normalized spacial score (nSPS) is 18.8. The Balaban J connectivity index is 0.00000107. The van der Waals surface area contributed by atoms with Crippen molar-refractivity contribution in [2.45, 2.75) is 43.0 Å². The Labute approximate surface area is 240 Å². The van der Waals surface area contributed by atoms with E-state index >= 15 is 0 Å². The molecule has 2 atom stereocenters. The molecule has 2 N–H and O–H groups in total. The molecule has 4 nitrogen and oxygen atoms in total. The van der Waals surface area contributed by atoms with Crippen LogP contribution < -0.4 is 0 Å². The van der Waals surface area contributed by atoms with E-state index in [1.807, 2.05) is 135 Å². The van der Waals surface area contributed by atoms with Crippen LogP contribution in [0.2, 0.25) is 0 Å². The summed E-state index contributed by atoms with van der Waals surface area (Å²) in [6, 6.07) is 37.8. The van der Waals surface area contributed by atoms with Gasteiger partial charge >= 0.3 is 35.6 Å². The van der Waals surface area contributed by atoms with Crippen molar-refractivity contribution >= 4 is 18.6 Å². The van der Waals surface area contributed by atoms with Crippen molar-refractivity contribution < 1.29 is 36.7 Å². The molecule has 1 aliphatic heterocycles. The Morgan fingerprint density at radius 2 is 0.763 bits per heavy atom. The van der Waals surface area contributed by atoms with Gasteiger partial charge in [0.1, 0.15) is 23.4 Å². The van der Waals surface area contributed by atoms with E-state index in [9.17, 15) is 10.2 Å². The van der Waals surface area contributed by atoms with Crippen molar-refractivity contribution in [2.24, 2.45) is 0 Å². The Morgan fingerprint density at radius 1 is 0.553 bits per heavy atom. The number of benzene rings is 4. The van der Waals surface area contributed by atoms with E-state index in [4.69, 9.17) is 28.1 Å². The van der Waals surface area contributed by atoms with Gasteiger partial charge in [-0.25, -0.2) is 0 Å². The molecule has 0 aromatic heterocycles. The Morgan fingerprint density at radius 3 is 0.974 bits per heavy atom. The molecule has 0 amide bonds. The van der Waals surface area contributed by atoms with Crippen LogP contribution in [0.5, 0.6) is 0 Å². The van der Waals surface area contributed by atoms with Gasteiger partial charge in [-0.15, -0.1) is 0 Å². The first-order valence-electron chi connectivity index (χ1n) is 12.3. The first-order valence-corrected chi connectivity index (χ1v) is 16.6. The zero-order valence-corrected chi connectivity index (χ0v) is 24.2. The van der Waals surface area contributed by atoms with Crippen LogP contribution in [-0.4, -0.2) is 28.2 Å². The molecule has 0 spiro atoms. The van der Waals surface area contributed by atoms with Crippen LogP contribution in [0.4, 0.5) is 0 Å². The maximum atomic E-state index is 12.6. The van der Waals surface area contributed by atoms with Crippen LogP contribution >= 0.6 is 18.6 Å². The molecular formula is C31H30Cl2O4Ti. The van der Waals surface area contributed by atoms with Crippen molar-refractivity contribution in [3.63, 3.8) is 0 Å². The fourth-order valence-corrected chi connectivity index (χ4v) is 5.13. The van der Waals surface area contributed by atoms with E-state index in [2.05, 4.69) is 0 Å². The quantitative estimate of drug-likeness (QED) is 0.246. The van der Waals surface area contributed by atoms with Crippen molar-refractivity contribution in [1.82, 2.24) is 0 Å². The summed E-state index contributed by atoms with van der Waals surface area (Å²) in [5, 5.41) is 25.2. The number of hydrogen-bond donors (Lipinski definition) is 2. The molecule has 0 radical (unpaired) electrons. The van der Waals surface area contributed by atoms with Gasteiger partial charge in [0.2, 0.25) is 0 Å². The Hall–Kier alpha value is -1.99. The predicted octanol–water partition coefficient (Wildman–Crippen LogP) is 6.76. The molecule has 0 saturated carbocycles. The molecular weight excluding hydrogens is 555 g/mol. The second kappa shape index (κ2) is 12.5. The molecule has 196 valence electrons. The van der Waals surface area contributed by atoms with Gasteiger partial charge in [0.05, 0.1) is 0 Å². The van der Waals surface area contributed by atoms with Gasteiger partial charge < -0.3 is 19.7 Å². The van der Waals surface area contributed by atoms with Gasteiger partial charge in [0.25, 0.3) is 0 Å². The van der Waals surface area contributed by atoms with Gasteiger partial charge in [-0.1, -0.05) is 121 Å². The minimum absolute atomic E-state index is 0.556. The fourth-order valence-electron chi connectivity index (χ4n) is 5.13. The summed E-state index contributed by atoms with van der Waals surface area (Å²) in [4.78, 5) is 0. The minimum atomic E-state index is -1.60. The second-order valence-electron chi connectivity index (χ2n) is 9.55. The second-order valence-corrected chi connectivity index (χ2v) is 12.1. The van der Waals surface area contributed by atoms with Crippen LogP contribution in [0.1, 0.15) is 36.1 Å². The van der Waals surface area contributed by atoms with E-state index < -0.39 is 46.2 Å². The van der Waals surface area contributed by atoms with Crippen LogP contribution in [0.15, 0.2) is 121 Å². The van der Waals surface area contributed by atoms with E-state index in [1.54, 1.807) is 0 Å². The third-order valence-corrected chi connectivity index (χ3v) is 6.78. The summed E-state index contributed by atoms with van der Waals surface area (Å²) in [6.07, 6.45) is -1.87. The van der Waals surface area contributed by atoms with Gasteiger partial charge in [0.15, 0.2) is 5.79 Å². The SMILES string of the molecule is CC1(C)O[C@H](C(O)(c2ccccc2)c2ccccc2)[C@@H](C(O)(c2ccccc2)c2ccccc2)O1.[Cl][Ti][Cl]. The third-order valence-electron chi connectivity index (χ3n) is 6.78. The van der Waals surface area contributed by atoms with Crippen LogP contribution in [0.25, 0.3) is 0 Å². The van der Waals surface area contributed by atoms with Crippen molar-refractivity contribution in [3.05, 3.63) is 144 Å². The van der Waals surface area contributed by atoms with Crippen LogP contribution in [-0.2, 0) is 37.7 Å². The summed E-state index contributed by atoms with van der Waals surface area (Å²) in [6.45, 7) is 3.62. The molecule has 1 fully saturated rings. The fraction of sp³-hybridized carbons (Fsp3) is 0.226. The monoisotopic (exact) mass is 584 g/mol. The van der Waals surface area contributed by atoms with E-state index in [-0.39, 0.29) is 0 Å². The molecule has 5 rings (SSSR count). The Kier molecular flexibility index (Phi) is 9.51. The van der Waals surface area contributed by atoms with Crippen LogP contribution in [0.3, 0.4) is 0 Å². The molecule has 0 bridgehead atoms. The van der Waals surface area contributed by atoms with Crippen molar-refractivity contribution in [3.8, 4) is 0 Å². The number of rotatable bonds is 6. The summed E-state index contributed by atoms with van der Waals surface area (Å²) in [5.41, 5.74) is -0.564. The molecule has 7 heteroatoms. The topological polar surface area (TPSA) is 58.9 Å². The average Bonchev–Trinajstić information content (AvgIpc) is 3.30. The van der Waals surface area contributed by atoms with E-state index in [0.29, 0.717) is 22.3 Å². The molecule has 4 aromatic rings. The summed E-state index contributed by atoms with van der Waals surface area (Å²) >= 11 is -0.556. The standard InChI is InChI=1S/C31H30O4.2ClH.Ti/c1-29(2)34-27(30(32,23-15-7-3-8-16-23)24-17-9-4-10-18-24)28(35-29)31(33,25-19-11-5-12-20-25)26-21-13-6-14-22-26;;;/h3-22,27-28,32-33H,1-2H3;2*1H;/q;;;+2/p-2/t27-,28-;;;/m0.../s1. The first kappa shape index (κ1) is 29.0.